The molecule has 0 aliphatic heterocycles. The minimum atomic E-state index is -0.142. The summed E-state index contributed by atoms with van der Waals surface area (Å²) in [5, 5.41) is 3.08. The smallest absolute Gasteiger partial charge is 0.305 e. The highest BCUT2D eigenvalue weighted by Gasteiger charge is 1.98. The third-order valence-corrected chi connectivity index (χ3v) is 3.89. The molecule has 0 fully saturated rings. The topological polar surface area (TPSA) is 47.6 Å². The van der Waals surface area contributed by atoms with Crippen molar-refractivity contribution < 1.29 is 14.3 Å². The highest BCUT2D eigenvalue weighted by Crippen LogP contribution is 2.20. The van der Waals surface area contributed by atoms with Crippen LogP contribution in [0.15, 0.2) is 0 Å². The lowest BCUT2D eigenvalue weighted by molar-refractivity contribution is -0.140. The Morgan fingerprint density at radius 3 is 2.30 bits per heavy atom. The molecule has 0 aromatic rings. The fraction of sp³-hybridized carbons (Fsp3) is 0.929. The van der Waals surface area contributed by atoms with Crippen LogP contribution in [-0.2, 0) is 14.3 Å². The molecule has 4 nitrogen and oxygen atoms in total. The summed E-state index contributed by atoms with van der Waals surface area (Å²) in [5.74, 6) is 1.66. The highest BCUT2D eigenvalue weighted by atomic mass is 33.1. The molecule has 0 aliphatic carbocycles. The first-order valence-electron chi connectivity index (χ1n) is 7.34. The molecule has 0 heterocycles. The van der Waals surface area contributed by atoms with Crippen molar-refractivity contribution in [1.82, 2.24) is 5.32 Å². The molecule has 0 radical (unpaired) electrons. The van der Waals surface area contributed by atoms with E-state index in [1.807, 2.05) is 34.7 Å². The van der Waals surface area contributed by atoms with Crippen molar-refractivity contribution in [3.63, 3.8) is 0 Å². The maximum atomic E-state index is 10.8. The molecule has 0 aliphatic rings. The molecule has 0 unspecified atom stereocenters. The molecule has 6 heteroatoms. The van der Waals surface area contributed by atoms with Crippen LogP contribution in [0.4, 0.5) is 0 Å². The normalized spacial score (nSPS) is 8.90. The molecule has 20 heavy (non-hydrogen) atoms. The van der Waals surface area contributed by atoms with E-state index in [1.54, 1.807) is 21.6 Å². The molecule has 124 valence electrons. The molecule has 0 rings (SSSR count). The standard InChI is InChI=1S/C10H21NO3S2.2C2H6/c1-11-6-8-15-16-9-14-7-4-3-5-10(12)13-2;2*1-2/h11H,3-9H2,1-2H3;2*1-2H3. The summed E-state index contributed by atoms with van der Waals surface area (Å²) in [7, 11) is 6.89. The van der Waals surface area contributed by atoms with Gasteiger partial charge in [0.15, 0.2) is 0 Å². The Morgan fingerprint density at radius 1 is 1.10 bits per heavy atom. The molecule has 0 amide bonds. The van der Waals surface area contributed by atoms with Crippen LogP contribution < -0.4 is 5.32 Å². The predicted molar refractivity (Wildman–Crippen MR) is 93.4 cm³/mol. The number of carbonyl (C=O) groups is 1. The lowest BCUT2D eigenvalue weighted by Crippen LogP contribution is -2.09. The van der Waals surface area contributed by atoms with E-state index >= 15 is 0 Å². The molecule has 0 aromatic heterocycles. The van der Waals surface area contributed by atoms with Crippen molar-refractivity contribution in [1.29, 1.82) is 0 Å². The van der Waals surface area contributed by atoms with Crippen molar-refractivity contribution in [2.75, 3.05) is 39.0 Å². The molecule has 0 saturated heterocycles. The van der Waals surface area contributed by atoms with Gasteiger partial charge in [0.25, 0.3) is 0 Å². The maximum Gasteiger partial charge on any atom is 0.305 e. The first kappa shape index (κ1) is 25.1. The van der Waals surface area contributed by atoms with Gasteiger partial charge in [0.05, 0.1) is 7.11 Å². The van der Waals surface area contributed by atoms with Crippen LogP contribution in [0.1, 0.15) is 47.0 Å². The van der Waals surface area contributed by atoms with Crippen LogP contribution >= 0.6 is 21.6 Å². The van der Waals surface area contributed by atoms with Gasteiger partial charge in [0.1, 0.15) is 5.94 Å². The third kappa shape index (κ3) is 26.6. The summed E-state index contributed by atoms with van der Waals surface area (Å²) >= 11 is 0. The fourth-order valence-electron chi connectivity index (χ4n) is 0.905. The second-order valence-corrected chi connectivity index (χ2v) is 5.63. The number of nitrogens with one attached hydrogen (secondary N) is 1. The quantitative estimate of drug-likeness (QED) is 0.268. The zero-order chi connectivity index (χ0) is 16.1. The Bertz CT molecular complexity index is 172. The summed E-state index contributed by atoms with van der Waals surface area (Å²) < 4.78 is 9.94. The van der Waals surface area contributed by atoms with Crippen LogP contribution in [0, 0.1) is 0 Å². The second kappa shape index (κ2) is 27.4. The van der Waals surface area contributed by atoms with Gasteiger partial charge >= 0.3 is 5.97 Å². The fourth-order valence-corrected chi connectivity index (χ4v) is 2.58. The van der Waals surface area contributed by atoms with Crippen LogP contribution in [0.25, 0.3) is 0 Å². The van der Waals surface area contributed by atoms with Gasteiger partial charge in [-0.1, -0.05) is 49.3 Å². The van der Waals surface area contributed by atoms with Gasteiger partial charge in [-0.25, -0.2) is 0 Å². The molecule has 1 N–H and O–H groups in total. The minimum absolute atomic E-state index is 0.142. The number of methoxy groups -OCH3 is 1. The van der Waals surface area contributed by atoms with Crippen LogP contribution in [0.2, 0.25) is 0 Å². The Kier molecular flexibility index (Phi) is 34.4. The van der Waals surface area contributed by atoms with E-state index in [4.69, 9.17) is 4.74 Å². The number of esters is 1. The van der Waals surface area contributed by atoms with Crippen molar-refractivity contribution in [2.24, 2.45) is 0 Å². The number of hydrogen-bond donors (Lipinski definition) is 1. The number of unbranched alkanes of at least 4 members (excludes halogenated alkanes) is 1. The zero-order valence-corrected chi connectivity index (χ0v) is 15.6. The number of hydrogen-bond acceptors (Lipinski definition) is 6. The molecular formula is C14H33NO3S2. The van der Waals surface area contributed by atoms with Crippen molar-refractivity contribution >= 4 is 27.6 Å². The average molecular weight is 328 g/mol. The van der Waals surface area contributed by atoms with Gasteiger partial charge in [-0.2, -0.15) is 0 Å². The molecule has 0 spiro atoms. The van der Waals surface area contributed by atoms with Crippen LogP contribution in [-0.4, -0.2) is 45.0 Å². The molecule has 0 bridgehead atoms. The Balaban J connectivity index is -0.000000656. The first-order chi connectivity index (χ1) is 9.81. The highest BCUT2D eigenvalue weighted by molar-refractivity contribution is 8.76. The van der Waals surface area contributed by atoms with Gasteiger partial charge in [0, 0.05) is 25.3 Å². The van der Waals surface area contributed by atoms with E-state index in [0.717, 1.165) is 31.7 Å². The van der Waals surface area contributed by atoms with Gasteiger partial charge in [-0.05, 0) is 19.9 Å². The molecule has 0 saturated carbocycles. The van der Waals surface area contributed by atoms with E-state index in [-0.39, 0.29) is 5.97 Å². The summed E-state index contributed by atoms with van der Waals surface area (Å²) in [6.45, 7) is 9.74. The molecule has 0 atom stereocenters. The van der Waals surface area contributed by atoms with Crippen molar-refractivity contribution in [2.45, 2.75) is 47.0 Å². The number of ether oxygens (including phenoxy) is 2. The summed E-state index contributed by atoms with van der Waals surface area (Å²) in [5.41, 5.74) is 0. The lowest BCUT2D eigenvalue weighted by atomic mass is 10.2. The average Bonchev–Trinajstić information content (AvgIpc) is 2.52. The lowest BCUT2D eigenvalue weighted by Gasteiger charge is -2.03. The number of carbonyl (C=O) groups excluding carboxylic acids is 1. The van der Waals surface area contributed by atoms with Crippen molar-refractivity contribution in [3.05, 3.63) is 0 Å². The van der Waals surface area contributed by atoms with Gasteiger partial charge in [0.2, 0.25) is 0 Å². The van der Waals surface area contributed by atoms with E-state index in [9.17, 15) is 4.79 Å². The molecule has 0 aromatic carbocycles. The SMILES string of the molecule is CC.CC.CNCCSSCOCCCCC(=O)OC. The third-order valence-electron chi connectivity index (χ3n) is 1.80. The van der Waals surface area contributed by atoms with E-state index in [0.29, 0.717) is 12.4 Å². The second-order valence-electron chi connectivity index (χ2n) is 3.10. The maximum absolute atomic E-state index is 10.8. The van der Waals surface area contributed by atoms with Crippen LogP contribution in [0.5, 0.6) is 0 Å². The predicted octanol–water partition coefficient (Wildman–Crippen LogP) is 3.96. The largest absolute Gasteiger partial charge is 0.469 e. The number of rotatable bonds is 11. The van der Waals surface area contributed by atoms with E-state index in [1.165, 1.54) is 7.11 Å². The minimum Gasteiger partial charge on any atom is -0.469 e. The van der Waals surface area contributed by atoms with E-state index in [2.05, 4.69) is 10.1 Å². The molecular weight excluding hydrogens is 294 g/mol. The summed E-state index contributed by atoms with van der Waals surface area (Å²) in [6.07, 6.45) is 2.24. The Hall–Kier alpha value is 0.0900. The summed E-state index contributed by atoms with van der Waals surface area (Å²) in [6, 6.07) is 0. The van der Waals surface area contributed by atoms with Gasteiger partial charge in [-0.15, -0.1) is 0 Å². The Labute approximate surface area is 133 Å². The Morgan fingerprint density at radius 2 is 1.75 bits per heavy atom. The van der Waals surface area contributed by atoms with Crippen LogP contribution in [0.3, 0.4) is 0 Å². The van der Waals surface area contributed by atoms with Crippen molar-refractivity contribution in [3.8, 4) is 0 Å². The zero-order valence-electron chi connectivity index (χ0n) is 14.0. The first-order valence-corrected chi connectivity index (χ1v) is 9.83. The monoisotopic (exact) mass is 327 g/mol. The van der Waals surface area contributed by atoms with Gasteiger partial charge < -0.3 is 14.8 Å². The van der Waals surface area contributed by atoms with Gasteiger partial charge in [-0.3, -0.25) is 4.79 Å². The van der Waals surface area contributed by atoms with E-state index < -0.39 is 0 Å². The summed E-state index contributed by atoms with van der Waals surface area (Å²) in [4.78, 5) is 10.8.